The molecule has 2 N–H and O–H groups in total. The Balaban J connectivity index is 0.000000156. The minimum Gasteiger partial charge on any atom is -0.487 e. The summed E-state index contributed by atoms with van der Waals surface area (Å²) in [5.41, 5.74) is 10.8. The fourth-order valence-electron chi connectivity index (χ4n) is 10.0. The first kappa shape index (κ1) is 46.7. The van der Waals surface area contributed by atoms with E-state index < -0.39 is 0 Å². The van der Waals surface area contributed by atoms with E-state index in [1.165, 1.54) is 22.3 Å². The lowest BCUT2D eigenvalue weighted by molar-refractivity contribution is 0.361. The van der Waals surface area contributed by atoms with Gasteiger partial charge < -0.3 is 39.0 Å². The molecule has 8 bridgehead atoms. The molecule has 0 radical (unpaired) electrons. The standard InChI is InChI=1S/2C28H27ClN6O/c2*1-34-14-6-3-7-15-36-24-16-20(10-13-23(24)35-17-25(29)30-18-35)31-28-32-26-21(19-8-4-2-5-9-19)11-12-22(26)27(34)33-28/h2*2-5,7-10,13,16-18,21H,6,11-12,14-15H2,1H3,(H,31,32,33)/b7-3+;7-3-. The van der Waals surface area contributed by atoms with Crippen molar-refractivity contribution < 1.29 is 9.47 Å². The van der Waals surface area contributed by atoms with Crippen LogP contribution >= 0.6 is 23.2 Å². The number of anilines is 6. The van der Waals surface area contributed by atoms with Crippen molar-refractivity contribution in [3.8, 4) is 22.9 Å². The Kier molecular flexibility index (Phi) is 13.6. The summed E-state index contributed by atoms with van der Waals surface area (Å²) in [7, 11) is 4.23. The van der Waals surface area contributed by atoms with E-state index in [1.54, 1.807) is 25.0 Å². The van der Waals surface area contributed by atoms with E-state index in [0.717, 1.165) is 109 Å². The molecule has 72 heavy (non-hydrogen) atoms. The van der Waals surface area contributed by atoms with Crippen molar-refractivity contribution in [3.63, 3.8) is 0 Å². The van der Waals surface area contributed by atoms with E-state index in [0.29, 0.717) is 35.4 Å². The molecule has 364 valence electrons. The zero-order valence-electron chi connectivity index (χ0n) is 40.1. The molecule has 0 saturated carbocycles. The SMILES string of the molecule is CN1CC/C=C/COc2cc(ccc2-n2cnc(Cl)c2)Nc2nc3c(c1n2)CCC3c1ccccc1.CN1CC/C=C\COc2cc(ccc2-n2cnc(Cl)c2)Nc2nc3c(c1n2)CCC3c1ccccc1. The normalized spacial score (nSPS) is 18.1. The van der Waals surface area contributed by atoms with Gasteiger partial charge in [0.05, 0.1) is 22.8 Å². The molecule has 4 aromatic heterocycles. The molecule has 0 saturated heterocycles. The van der Waals surface area contributed by atoms with Gasteiger partial charge in [0.1, 0.15) is 59.3 Å². The van der Waals surface area contributed by atoms with E-state index in [9.17, 15) is 0 Å². The Hall–Kier alpha value is -7.68. The maximum absolute atomic E-state index is 6.14. The Morgan fingerprint density at radius 3 is 1.40 bits per heavy atom. The first-order valence-electron chi connectivity index (χ1n) is 24.4. The van der Waals surface area contributed by atoms with Crippen LogP contribution in [-0.2, 0) is 12.8 Å². The topological polar surface area (TPSA) is 136 Å². The fraction of sp³-hybridized carbons (Fsp3) is 0.250. The number of benzene rings is 4. The van der Waals surface area contributed by atoms with E-state index in [4.69, 9.17) is 52.6 Å². The predicted octanol–water partition coefficient (Wildman–Crippen LogP) is 11.8. The molecule has 12 rings (SSSR count). The number of aromatic nitrogens is 8. The molecule has 4 aliphatic rings. The second kappa shape index (κ2) is 21.0. The number of hydrogen-bond acceptors (Lipinski definition) is 12. The average molecular weight is 998 g/mol. The summed E-state index contributed by atoms with van der Waals surface area (Å²) < 4.78 is 16.0. The Morgan fingerprint density at radius 2 is 0.986 bits per heavy atom. The van der Waals surface area contributed by atoms with Gasteiger partial charge in [0.25, 0.3) is 0 Å². The highest BCUT2D eigenvalue weighted by Gasteiger charge is 2.32. The monoisotopic (exact) mass is 996 g/mol. The summed E-state index contributed by atoms with van der Waals surface area (Å²) in [6.07, 6.45) is 21.2. The van der Waals surface area contributed by atoms with Crippen LogP contribution in [0.3, 0.4) is 0 Å². The minimum atomic E-state index is 0.267. The summed E-state index contributed by atoms with van der Waals surface area (Å²) >= 11 is 12.1. The van der Waals surface area contributed by atoms with Gasteiger partial charge in [0.15, 0.2) is 0 Å². The van der Waals surface area contributed by atoms with Crippen LogP contribution < -0.4 is 29.9 Å². The average Bonchev–Trinajstić information content (AvgIpc) is 4.23. The van der Waals surface area contributed by atoms with Crippen LogP contribution in [0.4, 0.5) is 34.9 Å². The molecule has 0 spiro atoms. The highest BCUT2D eigenvalue weighted by molar-refractivity contribution is 6.29. The van der Waals surface area contributed by atoms with E-state index in [2.05, 4.69) is 129 Å². The van der Waals surface area contributed by atoms with Gasteiger partial charge in [0, 0.05) is 86.0 Å². The van der Waals surface area contributed by atoms with Crippen LogP contribution in [0.25, 0.3) is 11.4 Å². The highest BCUT2D eigenvalue weighted by atomic mass is 35.5. The fourth-order valence-corrected chi connectivity index (χ4v) is 10.3. The number of nitrogens with one attached hydrogen (secondary N) is 2. The zero-order valence-corrected chi connectivity index (χ0v) is 41.6. The minimum absolute atomic E-state index is 0.267. The van der Waals surface area contributed by atoms with E-state index in [-0.39, 0.29) is 11.8 Å². The maximum atomic E-state index is 6.14. The van der Waals surface area contributed by atoms with E-state index >= 15 is 0 Å². The Labute approximate surface area is 429 Å². The summed E-state index contributed by atoms with van der Waals surface area (Å²) in [5, 5.41) is 7.76. The number of rotatable bonds is 4. The quantitative estimate of drug-likeness (QED) is 0.162. The Bertz CT molecular complexity index is 3050. The van der Waals surface area contributed by atoms with Gasteiger partial charge in [-0.25, -0.2) is 19.9 Å². The smallest absolute Gasteiger partial charge is 0.229 e. The van der Waals surface area contributed by atoms with Gasteiger partial charge >= 0.3 is 0 Å². The van der Waals surface area contributed by atoms with Gasteiger partial charge in [-0.1, -0.05) is 108 Å². The largest absolute Gasteiger partial charge is 0.487 e. The number of imidazole rings is 2. The van der Waals surface area contributed by atoms with Gasteiger partial charge in [0.2, 0.25) is 11.9 Å². The summed E-state index contributed by atoms with van der Waals surface area (Å²) in [6.45, 7) is 2.66. The van der Waals surface area contributed by atoms with Crippen LogP contribution in [0.2, 0.25) is 10.3 Å². The Morgan fingerprint density at radius 1 is 0.542 bits per heavy atom. The molecule has 2 atom stereocenters. The van der Waals surface area contributed by atoms with Crippen LogP contribution in [0.15, 0.2) is 146 Å². The third kappa shape index (κ3) is 10.1. The first-order valence-corrected chi connectivity index (χ1v) is 25.2. The molecule has 4 aromatic carbocycles. The van der Waals surface area contributed by atoms with Crippen LogP contribution in [0.5, 0.6) is 11.5 Å². The molecular formula is C56H54Cl2N12O2. The lowest BCUT2D eigenvalue weighted by atomic mass is 9.97. The molecular weight excluding hydrogens is 944 g/mol. The van der Waals surface area contributed by atoms with Crippen molar-refractivity contribution >= 4 is 58.1 Å². The molecule has 2 aliphatic carbocycles. The number of hydrogen-bond donors (Lipinski definition) is 2. The van der Waals surface area contributed by atoms with Crippen molar-refractivity contribution in [2.45, 2.75) is 50.4 Å². The number of nitrogens with zero attached hydrogens (tertiary/aromatic N) is 10. The summed E-state index contributed by atoms with van der Waals surface area (Å²) in [4.78, 5) is 32.8. The van der Waals surface area contributed by atoms with E-state index in [1.807, 2.05) is 45.5 Å². The molecule has 16 heteroatoms. The van der Waals surface area contributed by atoms with Crippen LogP contribution in [-0.4, -0.2) is 79.4 Å². The van der Waals surface area contributed by atoms with Gasteiger partial charge in [-0.05, 0) is 73.9 Å². The number of halogens is 2. The molecule has 14 nitrogen and oxygen atoms in total. The molecule has 2 unspecified atom stereocenters. The van der Waals surface area contributed by atoms with Gasteiger partial charge in [-0.3, -0.25) is 0 Å². The predicted molar refractivity (Wildman–Crippen MR) is 286 cm³/mol. The van der Waals surface area contributed by atoms with Gasteiger partial charge in [-0.15, -0.1) is 0 Å². The van der Waals surface area contributed by atoms with Crippen molar-refractivity contribution in [2.24, 2.45) is 0 Å². The van der Waals surface area contributed by atoms with Crippen molar-refractivity contribution in [3.05, 3.63) is 190 Å². The summed E-state index contributed by atoms with van der Waals surface area (Å²) in [5.74, 6) is 5.17. The third-order valence-electron chi connectivity index (χ3n) is 13.5. The lowest BCUT2D eigenvalue weighted by Crippen LogP contribution is -2.22. The number of fused-ring (bicyclic) bond motifs is 12. The summed E-state index contributed by atoms with van der Waals surface area (Å²) in [6, 6.07) is 33.2. The zero-order chi connectivity index (χ0) is 49.0. The first-order chi connectivity index (χ1) is 35.3. The molecule has 2 aliphatic heterocycles. The van der Waals surface area contributed by atoms with Crippen molar-refractivity contribution in [1.82, 2.24) is 39.0 Å². The van der Waals surface area contributed by atoms with Crippen LogP contribution in [0.1, 0.15) is 71.2 Å². The van der Waals surface area contributed by atoms with Crippen LogP contribution in [0, 0.1) is 0 Å². The molecule has 8 aromatic rings. The van der Waals surface area contributed by atoms with Crippen molar-refractivity contribution in [1.29, 1.82) is 0 Å². The molecule has 0 fully saturated rings. The third-order valence-corrected chi connectivity index (χ3v) is 13.9. The second-order valence-electron chi connectivity index (χ2n) is 18.3. The maximum Gasteiger partial charge on any atom is 0.229 e. The highest BCUT2D eigenvalue weighted by Crippen LogP contribution is 2.43. The van der Waals surface area contributed by atoms with Gasteiger partial charge in [-0.2, -0.15) is 9.97 Å². The second-order valence-corrected chi connectivity index (χ2v) is 19.1. The lowest BCUT2D eigenvalue weighted by Gasteiger charge is -2.22. The molecule has 0 amide bonds. The number of ether oxygens (including phenoxy) is 2. The van der Waals surface area contributed by atoms with Crippen molar-refractivity contribution in [2.75, 3.05) is 60.8 Å². The molecule has 6 heterocycles.